The van der Waals surface area contributed by atoms with Gasteiger partial charge in [-0.3, -0.25) is 0 Å². The Morgan fingerprint density at radius 1 is 1.58 bits per heavy atom. The monoisotopic (exact) mass is 173 g/mol. The van der Waals surface area contributed by atoms with Crippen molar-refractivity contribution >= 4 is 0 Å². The summed E-state index contributed by atoms with van der Waals surface area (Å²) in [6.45, 7) is 1.62. The van der Waals surface area contributed by atoms with E-state index in [-0.39, 0.29) is 6.42 Å². The fourth-order valence-electron chi connectivity index (χ4n) is 1.22. The summed E-state index contributed by atoms with van der Waals surface area (Å²) in [6.07, 6.45) is -2.12. The van der Waals surface area contributed by atoms with Crippen LogP contribution in [0.15, 0.2) is 5.11 Å². The standard InChI is InChI=1S/C6H11N3O3/c1-3-6(11)4(8-9-7)2-5(10)12-3/h3-6,10-11H,2H2,1H3/t3-,4-,5+,6-/m0/s1. The molecule has 0 aromatic rings. The highest BCUT2D eigenvalue weighted by atomic mass is 16.6. The number of ether oxygens (including phenoxy) is 1. The Hall–Kier alpha value is -0.810. The van der Waals surface area contributed by atoms with E-state index in [0.717, 1.165) is 0 Å². The molecule has 1 heterocycles. The highest BCUT2D eigenvalue weighted by Crippen LogP contribution is 2.21. The molecular weight excluding hydrogens is 162 g/mol. The lowest BCUT2D eigenvalue weighted by Crippen LogP contribution is -2.45. The van der Waals surface area contributed by atoms with Gasteiger partial charge in [0.05, 0.1) is 18.2 Å². The molecule has 0 aromatic heterocycles. The molecule has 0 aromatic carbocycles. The Morgan fingerprint density at radius 3 is 2.83 bits per heavy atom. The molecule has 6 heteroatoms. The highest BCUT2D eigenvalue weighted by molar-refractivity contribution is 4.85. The Labute approximate surface area is 69.4 Å². The van der Waals surface area contributed by atoms with Crippen LogP contribution in [-0.4, -0.2) is 34.8 Å². The lowest BCUT2D eigenvalue weighted by Gasteiger charge is -2.33. The Balaban J connectivity index is 2.65. The quantitative estimate of drug-likeness (QED) is 0.335. The molecular formula is C6H11N3O3. The van der Waals surface area contributed by atoms with E-state index in [1.807, 2.05) is 0 Å². The van der Waals surface area contributed by atoms with Crippen LogP contribution in [0.1, 0.15) is 13.3 Å². The molecule has 1 fully saturated rings. The Morgan fingerprint density at radius 2 is 2.25 bits per heavy atom. The number of hydrogen-bond donors (Lipinski definition) is 2. The molecule has 0 amide bonds. The first-order chi connectivity index (χ1) is 5.65. The number of azide groups is 1. The predicted octanol–water partition coefficient (Wildman–Crippen LogP) is 0.153. The summed E-state index contributed by atoms with van der Waals surface area (Å²) in [4.78, 5) is 2.58. The van der Waals surface area contributed by atoms with Crippen LogP contribution in [0, 0.1) is 0 Å². The van der Waals surface area contributed by atoms with E-state index < -0.39 is 24.5 Å². The number of aliphatic hydroxyl groups is 2. The van der Waals surface area contributed by atoms with Crippen LogP contribution in [0.4, 0.5) is 0 Å². The summed E-state index contributed by atoms with van der Waals surface area (Å²) in [5.41, 5.74) is 8.13. The second-order valence-corrected chi connectivity index (χ2v) is 2.79. The minimum Gasteiger partial charge on any atom is -0.390 e. The van der Waals surface area contributed by atoms with Gasteiger partial charge < -0.3 is 14.9 Å². The predicted molar refractivity (Wildman–Crippen MR) is 40.1 cm³/mol. The summed E-state index contributed by atoms with van der Waals surface area (Å²) in [5.74, 6) is 0. The van der Waals surface area contributed by atoms with E-state index in [1.165, 1.54) is 0 Å². The van der Waals surface area contributed by atoms with E-state index in [2.05, 4.69) is 10.0 Å². The summed E-state index contributed by atoms with van der Waals surface area (Å²) in [7, 11) is 0. The molecule has 0 radical (unpaired) electrons. The van der Waals surface area contributed by atoms with Crippen molar-refractivity contribution in [2.75, 3.05) is 0 Å². The minimum atomic E-state index is -0.945. The summed E-state index contributed by atoms with van der Waals surface area (Å²) in [6, 6.07) is -0.589. The molecule has 0 unspecified atom stereocenters. The molecule has 1 aliphatic heterocycles. The Bertz CT molecular complexity index is 204. The van der Waals surface area contributed by atoms with Gasteiger partial charge in [0.2, 0.25) is 0 Å². The van der Waals surface area contributed by atoms with Gasteiger partial charge in [-0.05, 0) is 12.5 Å². The number of rotatable bonds is 1. The van der Waals surface area contributed by atoms with Crippen molar-refractivity contribution in [3.8, 4) is 0 Å². The SMILES string of the molecule is C[C@@H]1O[C@@H](O)C[C@H](N=[N+]=[N-])[C@H]1O. The van der Waals surface area contributed by atoms with Crippen LogP contribution < -0.4 is 0 Å². The molecule has 0 bridgehead atoms. The van der Waals surface area contributed by atoms with E-state index in [9.17, 15) is 5.11 Å². The molecule has 6 nitrogen and oxygen atoms in total. The molecule has 0 saturated carbocycles. The first kappa shape index (κ1) is 9.28. The van der Waals surface area contributed by atoms with E-state index in [1.54, 1.807) is 6.92 Å². The first-order valence-electron chi connectivity index (χ1n) is 3.71. The second kappa shape index (κ2) is 3.73. The molecule has 1 rings (SSSR count). The van der Waals surface area contributed by atoms with Crippen LogP contribution in [0.25, 0.3) is 10.4 Å². The largest absolute Gasteiger partial charge is 0.390 e. The van der Waals surface area contributed by atoms with E-state index in [0.29, 0.717) is 0 Å². The topological polar surface area (TPSA) is 98.5 Å². The number of hydrogen-bond acceptors (Lipinski definition) is 4. The van der Waals surface area contributed by atoms with Gasteiger partial charge in [0.1, 0.15) is 0 Å². The first-order valence-corrected chi connectivity index (χ1v) is 3.71. The smallest absolute Gasteiger partial charge is 0.155 e. The lowest BCUT2D eigenvalue weighted by molar-refractivity contribution is -0.198. The fraction of sp³-hybridized carbons (Fsp3) is 1.00. The third kappa shape index (κ3) is 1.86. The molecule has 0 aliphatic carbocycles. The van der Waals surface area contributed by atoms with Crippen molar-refractivity contribution < 1.29 is 14.9 Å². The van der Waals surface area contributed by atoms with Crippen LogP contribution >= 0.6 is 0 Å². The van der Waals surface area contributed by atoms with Crippen molar-refractivity contribution in [2.45, 2.75) is 37.9 Å². The average Bonchev–Trinajstić information content (AvgIpc) is 2.00. The third-order valence-corrected chi connectivity index (χ3v) is 1.89. The maximum absolute atomic E-state index is 9.39. The maximum atomic E-state index is 9.39. The molecule has 4 atom stereocenters. The second-order valence-electron chi connectivity index (χ2n) is 2.79. The van der Waals surface area contributed by atoms with Crippen LogP contribution in [0.2, 0.25) is 0 Å². The molecule has 68 valence electrons. The number of aliphatic hydroxyl groups excluding tert-OH is 2. The third-order valence-electron chi connectivity index (χ3n) is 1.89. The van der Waals surface area contributed by atoms with Gasteiger partial charge in [-0.25, -0.2) is 0 Å². The van der Waals surface area contributed by atoms with Gasteiger partial charge in [0.15, 0.2) is 6.29 Å². The van der Waals surface area contributed by atoms with Crippen molar-refractivity contribution in [2.24, 2.45) is 5.11 Å². The van der Waals surface area contributed by atoms with Gasteiger partial charge >= 0.3 is 0 Å². The summed E-state index contributed by atoms with van der Waals surface area (Å²) in [5, 5.41) is 21.8. The zero-order chi connectivity index (χ0) is 9.14. The van der Waals surface area contributed by atoms with Gasteiger partial charge in [-0.1, -0.05) is 5.11 Å². The fourth-order valence-corrected chi connectivity index (χ4v) is 1.22. The number of nitrogens with zero attached hydrogens (tertiary/aromatic N) is 3. The molecule has 0 spiro atoms. The minimum absolute atomic E-state index is 0.148. The van der Waals surface area contributed by atoms with Crippen molar-refractivity contribution in [3.05, 3.63) is 10.4 Å². The lowest BCUT2D eigenvalue weighted by atomic mass is 10.0. The molecule has 1 saturated heterocycles. The zero-order valence-corrected chi connectivity index (χ0v) is 6.66. The summed E-state index contributed by atoms with van der Waals surface area (Å²) < 4.78 is 4.90. The zero-order valence-electron chi connectivity index (χ0n) is 6.66. The van der Waals surface area contributed by atoms with Gasteiger partial charge in [0, 0.05) is 11.3 Å². The van der Waals surface area contributed by atoms with Crippen molar-refractivity contribution in [3.63, 3.8) is 0 Å². The Kier molecular flexibility index (Phi) is 2.88. The molecule has 12 heavy (non-hydrogen) atoms. The van der Waals surface area contributed by atoms with Crippen LogP contribution in [0.5, 0.6) is 0 Å². The highest BCUT2D eigenvalue weighted by Gasteiger charge is 2.33. The van der Waals surface area contributed by atoms with Crippen LogP contribution in [-0.2, 0) is 4.74 Å². The average molecular weight is 173 g/mol. The molecule has 1 aliphatic rings. The molecule has 2 N–H and O–H groups in total. The maximum Gasteiger partial charge on any atom is 0.155 e. The summed E-state index contributed by atoms with van der Waals surface area (Å²) >= 11 is 0. The van der Waals surface area contributed by atoms with Gasteiger partial charge in [-0.15, -0.1) is 0 Å². The van der Waals surface area contributed by atoms with Crippen molar-refractivity contribution in [1.29, 1.82) is 0 Å². The van der Waals surface area contributed by atoms with Gasteiger partial charge in [-0.2, -0.15) is 0 Å². The van der Waals surface area contributed by atoms with E-state index >= 15 is 0 Å². The van der Waals surface area contributed by atoms with Crippen molar-refractivity contribution in [1.82, 2.24) is 0 Å². The van der Waals surface area contributed by atoms with Gasteiger partial charge in [0.25, 0.3) is 0 Å². The normalized spacial score (nSPS) is 41.9. The van der Waals surface area contributed by atoms with E-state index in [4.69, 9.17) is 15.4 Å². The van der Waals surface area contributed by atoms with Crippen LogP contribution in [0.3, 0.4) is 0 Å².